The fourth-order valence-electron chi connectivity index (χ4n) is 5.58. The van der Waals surface area contributed by atoms with Crippen LogP contribution in [0.25, 0.3) is 11.1 Å². The minimum atomic E-state index is -1.66. The first-order valence-electron chi connectivity index (χ1n) is 14.7. The molecule has 1 aliphatic heterocycles. The van der Waals surface area contributed by atoms with Crippen molar-refractivity contribution in [3.05, 3.63) is 59.7 Å². The quantitative estimate of drug-likeness (QED) is 0.220. The maximum atomic E-state index is 12.8. The Bertz CT molecular complexity index is 1470. The first-order chi connectivity index (χ1) is 22.3. The molecule has 1 saturated heterocycles. The van der Waals surface area contributed by atoms with Crippen molar-refractivity contribution in [1.29, 1.82) is 0 Å². The van der Waals surface area contributed by atoms with E-state index in [1.54, 1.807) is 0 Å². The van der Waals surface area contributed by atoms with Crippen molar-refractivity contribution >= 4 is 35.9 Å². The van der Waals surface area contributed by atoms with Gasteiger partial charge in [-0.3, -0.25) is 19.2 Å². The van der Waals surface area contributed by atoms with Gasteiger partial charge in [0, 0.05) is 33.6 Å². The second-order valence-electron chi connectivity index (χ2n) is 10.9. The second kappa shape index (κ2) is 15.5. The molecule has 0 aromatic heterocycles. The van der Waals surface area contributed by atoms with Crippen molar-refractivity contribution in [2.45, 2.75) is 70.3 Å². The first kappa shape index (κ1) is 34.8. The highest BCUT2D eigenvalue weighted by molar-refractivity contribution is 5.81. The van der Waals surface area contributed by atoms with E-state index < -0.39 is 85.8 Å². The summed E-state index contributed by atoms with van der Waals surface area (Å²) in [5.41, 5.74) is 3.97. The Labute approximate surface area is 269 Å². The van der Waals surface area contributed by atoms with Crippen LogP contribution in [0, 0.1) is 0 Å². The van der Waals surface area contributed by atoms with E-state index in [9.17, 15) is 33.9 Å². The summed E-state index contributed by atoms with van der Waals surface area (Å²) in [7, 11) is 0. The molecule has 15 nitrogen and oxygen atoms in total. The van der Waals surface area contributed by atoms with Crippen LogP contribution in [0.4, 0.5) is 4.79 Å². The maximum Gasteiger partial charge on any atom is 0.407 e. The first-order valence-corrected chi connectivity index (χ1v) is 14.7. The van der Waals surface area contributed by atoms with Crippen LogP contribution in [0.5, 0.6) is 0 Å². The number of rotatable bonds is 12. The van der Waals surface area contributed by atoms with Crippen molar-refractivity contribution in [3.63, 3.8) is 0 Å². The van der Waals surface area contributed by atoms with Crippen molar-refractivity contribution in [2.75, 3.05) is 19.8 Å². The van der Waals surface area contributed by atoms with Crippen LogP contribution < -0.4 is 10.6 Å². The number of carbonyl (C=O) groups excluding carboxylic acids is 5. The molecular weight excluding hydrogens is 620 g/mol. The predicted molar refractivity (Wildman–Crippen MR) is 160 cm³/mol. The molecule has 0 bridgehead atoms. The van der Waals surface area contributed by atoms with E-state index in [0.717, 1.165) is 49.9 Å². The molecule has 3 N–H and O–H groups in total. The zero-order valence-corrected chi connectivity index (χ0v) is 26.1. The Morgan fingerprint density at radius 1 is 0.787 bits per heavy atom. The average Bonchev–Trinajstić information content (AvgIpc) is 3.32. The Morgan fingerprint density at radius 3 is 1.89 bits per heavy atom. The average molecular weight is 657 g/mol. The number of ether oxygens (including phenoxy) is 6. The number of aliphatic carboxylic acids is 1. The highest BCUT2D eigenvalue weighted by Crippen LogP contribution is 2.44. The molecule has 2 amide bonds. The van der Waals surface area contributed by atoms with E-state index in [1.165, 1.54) is 0 Å². The molecule has 0 saturated carbocycles. The number of esters is 3. The molecule has 2 aromatic carbocycles. The third-order valence-corrected chi connectivity index (χ3v) is 7.43. The van der Waals surface area contributed by atoms with E-state index in [0.29, 0.717) is 0 Å². The summed E-state index contributed by atoms with van der Waals surface area (Å²) in [5.74, 6) is -4.65. The van der Waals surface area contributed by atoms with Gasteiger partial charge in [-0.05, 0) is 22.3 Å². The van der Waals surface area contributed by atoms with Gasteiger partial charge in [0.2, 0.25) is 5.91 Å². The number of alkyl carbamates (subject to hydrolysis) is 1. The van der Waals surface area contributed by atoms with Gasteiger partial charge < -0.3 is 44.2 Å². The van der Waals surface area contributed by atoms with Gasteiger partial charge in [-0.1, -0.05) is 48.5 Å². The van der Waals surface area contributed by atoms with Crippen LogP contribution >= 0.6 is 0 Å². The Morgan fingerprint density at radius 2 is 1.36 bits per heavy atom. The maximum absolute atomic E-state index is 12.8. The second-order valence-corrected chi connectivity index (χ2v) is 10.9. The Kier molecular flexibility index (Phi) is 11.5. The summed E-state index contributed by atoms with van der Waals surface area (Å²) < 4.78 is 32.8. The summed E-state index contributed by atoms with van der Waals surface area (Å²) in [6.45, 7) is 3.23. The van der Waals surface area contributed by atoms with Gasteiger partial charge in [-0.25, -0.2) is 9.59 Å². The van der Waals surface area contributed by atoms with Gasteiger partial charge in [0.1, 0.15) is 25.4 Å². The van der Waals surface area contributed by atoms with Crippen molar-refractivity contribution in [1.82, 2.24) is 10.6 Å². The van der Waals surface area contributed by atoms with E-state index in [4.69, 9.17) is 28.4 Å². The monoisotopic (exact) mass is 656 g/mol. The van der Waals surface area contributed by atoms with Gasteiger partial charge in [-0.2, -0.15) is 0 Å². The van der Waals surface area contributed by atoms with Crippen molar-refractivity contribution < 1.29 is 62.3 Å². The SMILES string of the molecule is CC(=O)NC1C(OC[C@@H](NC(=O)OCC2c3ccccc3-c3ccccc32)C(=O)O)OC(COC(C)=O)C(OC(C)=O)C1OC(C)=O. The smallest absolute Gasteiger partial charge is 0.407 e. The zero-order valence-electron chi connectivity index (χ0n) is 26.1. The normalized spacial score (nSPS) is 22.1. The van der Waals surface area contributed by atoms with Gasteiger partial charge in [0.15, 0.2) is 24.5 Å². The largest absolute Gasteiger partial charge is 0.480 e. The van der Waals surface area contributed by atoms with Gasteiger partial charge in [0.05, 0.1) is 6.61 Å². The summed E-state index contributed by atoms with van der Waals surface area (Å²) in [6, 6.07) is 12.5. The zero-order chi connectivity index (χ0) is 34.2. The summed E-state index contributed by atoms with van der Waals surface area (Å²) in [4.78, 5) is 72.6. The number of carbonyl (C=O) groups is 6. The van der Waals surface area contributed by atoms with Crippen LogP contribution in [-0.4, -0.2) is 97.5 Å². The number of carboxylic acids is 1. The molecule has 0 radical (unpaired) electrons. The van der Waals surface area contributed by atoms with E-state index in [1.807, 2.05) is 48.5 Å². The fourth-order valence-corrected chi connectivity index (χ4v) is 5.58. The standard InChI is InChI=1S/C32H36N2O13/c1-16(35)33-27-29(46-19(4)38)28(45-18(3)37)26(15-42-17(2)36)47-31(27)43-14-25(30(39)40)34-32(41)44-13-24-22-11-7-5-9-20(22)21-10-6-8-12-23(21)24/h5-12,24-29,31H,13-15H2,1-4H3,(H,33,35)(H,34,41)(H,39,40)/t25-,26?,27?,28?,29?,31?/m1/s1. The highest BCUT2D eigenvalue weighted by Gasteiger charge is 2.51. The number of carboxylic acid groups (broad SMARTS) is 1. The van der Waals surface area contributed by atoms with E-state index in [2.05, 4.69) is 10.6 Å². The third-order valence-electron chi connectivity index (χ3n) is 7.43. The molecule has 6 atom stereocenters. The molecule has 1 heterocycles. The molecule has 4 rings (SSSR count). The van der Waals surface area contributed by atoms with Crippen molar-refractivity contribution in [3.8, 4) is 11.1 Å². The molecule has 47 heavy (non-hydrogen) atoms. The minimum Gasteiger partial charge on any atom is -0.480 e. The fraction of sp³-hybridized carbons (Fsp3) is 0.438. The van der Waals surface area contributed by atoms with Crippen LogP contribution in [0.2, 0.25) is 0 Å². The van der Waals surface area contributed by atoms with Gasteiger partial charge >= 0.3 is 30.0 Å². The number of nitrogens with one attached hydrogen (secondary N) is 2. The lowest BCUT2D eigenvalue weighted by atomic mass is 9.96. The molecule has 5 unspecified atom stereocenters. The number of hydrogen-bond acceptors (Lipinski definition) is 12. The molecule has 252 valence electrons. The summed E-state index contributed by atoms with van der Waals surface area (Å²) in [6.07, 6.45) is -6.58. The minimum absolute atomic E-state index is 0.0666. The molecular formula is C32H36N2O13. The van der Waals surface area contributed by atoms with Crippen molar-refractivity contribution in [2.24, 2.45) is 0 Å². The Hall–Kier alpha value is -5.02. The molecule has 1 fully saturated rings. The number of amides is 2. The van der Waals surface area contributed by atoms with Crippen LogP contribution in [0.1, 0.15) is 44.7 Å². The van der Waals surface area contributed by atoms with E-state index >= 15 is 0 Å². The van der Waals surface area contributed by atoms with Crippen LogP contribution in [0.3, 0.4) is 0 Å². The lowest BCUT2D eigenvalue weighted by Crippen LogP contribution is -2.67. The topological polar surface area (TPSA) is 202 Å². The van der Waals surface area contributed by atoms with Crippen LogP contribution in [-0.2, 0) is 52.4 Å². The Balaban J connectivity index is 1.48. The number of hydrogen-bond donors (Lipinski definition) is 3. The lowest BCUT2D eigenvalue weighted by Gasteiger charge is -2.45. The molecule has 2 aliphatic rings. The van der Waals surface area contributed by atoms with Crippen LogP contribution in [0.15, 0.2) is 48.5 Å². The van der Waals surface area contributed by atoms with Gasteiger partial charge in [-0.15, -0.1) is 0 Å². The molecule has 1 aliphatic carbocycles. The summed E-state index contributed by atoms with van der Waals surface area (Å²) in [5, 5.41) is 14.6. The molecule has 15 heteroatoms. The van der Waals surface area contributed by atoms with Gasteiger partial charge in [0.25, 0.3) is 0 Å². The molecule has 0 spiro atoms. The highest BCUT2D eigenvalue weighted by atomic mass is 16.7. The molecule has 2 aromatic rings. The summed E-state index contributed by atoms with van der Waals surface area (Å²) >= 11 is 0. The predicted octanol–water partition coefficient (Wildman–Crippen LogP) is 1.65. The number of fused-ring (bicyclic) bond motifs is 3. The number of benzene rings is 2. The lowest BCUT2D eigenvalue weighted by molar-refractivity contribution is -0.278. The third kappa shape index (κ3) is 8.83. The van der Waals surface area contributed by atoms with E-state index in [-0.39, 0.29) is 12.5 Å².